The molecule has 2 aromatic heterocycles. The molecule has 1 aromatic carbocycles. The molecular weight excluding hydrogens is 318 g/mol. The predicted molar refractivity (Wildman–Crippen MR) is 93.6 cm³/mol. The van der Waals surface area contributed by atoms with Crippen LogP contribution in [0.2, 0.25) is 0 Å². The summed E-state index contributed by atoms with van der Waals surface area (Å²) in [6.07, 6.45) is 0. The molecule has 0 fully saturated rings. The van der Waals surface area contributed by atoms with Gasteiger partial charge in [-0.2, -0.15) is 0 Å². The Morgan fingerprint density at radius 1 is 1.08 bits per heavy atom. The predicted octanol–water partition coefficient (Wildman–Crippen LogP) is 3.32. The molecule has 1 atom stereocenters. The quantitative estimate of drug-likeness (QED) is 0.742. The molecule has 3 aromatic rings. The van der Waals surface area contributed by atoms with Crippen molar-refractivity contribution in [3.63, 3.8) is 0 Å². The molecule has 0 spiro atoms. The zero-order valence-corrected chi connectivity index (χ0v) is 14.3. The second kappa shape index (κ2) is 7.12. The van der Waals surface area contributed by atoms with Gasteiger partial charge in [0.1, 0.15) is 23.1 Å². The van der Waals surface area contributed by atoms with Crippen molar-refractivity contribution in [1.82, 2.24) is 20.4 Å². The van der Waals surface area contributed by atoms with Crippen LogP contribution in [0.15, 0.2) is 47.0 Å². The average Bonchev–Trinajstić information content (AvgIpc) is 3.00. The lowest BCUT2D eigenvalue weighted by atomic mass is 10.1. The van der Waals surface area contributed by atoms with E-state index < -0.39 is 0 Å². The number of amides is 1. The molecule has 0 saturated heterocycles. The van der Waals surface area contributed by atoms with E-state index in [2.05, 4.69) is 25.8 Å². The lowest BCUT2D eigenvalue weighted by molar-refractivity contribution is 0.0934. The van der Waals surface area contributed by atoms with Crippen LogP contribution in [0.5, 0.6) is 0 Å². The molecule has 2 N–H and O–H groups in total. The van der Waals surface area contributed by atoms with E-state index in [0.29, 0.717) is 23.2 Å². The summed E-state index contributed by atoms with van der Waals surface area (Å²) in [5, 5.41) is 9.81. The standard InChI is InChI=1S/C18H19N5O2/c1-11-9-17(23-25-11)22-16-10-15(20-13(3)21-16)18(24)19-12(2)14-7-5-4-6-8-14/h4-10,12H,1-3H3,(H,19,24)(H,20,21,22,23). The number of aromatic nitrogens is 3. The summed E-state index contributed by atoms with van der Waals surface area (Å²) in [7, 11) is 0. The molecule has 0 bridgehead atoms. The van der Waals surface area contributed by atoms with Crippen molar-refractivity contribution in [1.29, 1.82) is 0 Å². The van der Waals surface area contributed by atoms with Gasteiger partial charge < -0.3 is 15.2 Å². The Morgan fingerprint density at radius 3 is 2.52 bits per heavy atom. The van der Waals surface area contributed by atoms with E-state index in [0.717, 1.165) is 5.56 Å². The number of nitrogens with one attached hydrogen (secondary N) is 2. The van der Waals surface area contributed by atoms with Gasteiger partial charge in [-0.25, -0.2) is 9.97 Å². The van der Waals surface area contributed by atoms with E-state index in [1.54, 1.807) is 26.0 Å². The SMILES string of the molecule is Cc1nc(Nc2cc(C)on2)cc(C(=O)NC(C)c2ccccc2)n1. The topological polar surface area (TPSA) is 92.9 Å². The van der Waals surface area contributed by atoms with E-state index in [-0.39, 0.29) is 17.6 Å². The number of anilines is 2. The fraction of sp³-hybridized carbons (Fsp3) is 0.222. The van der Waals surface area contributed by atoms with Crippen LogP contribution in [0, 0.1) is 13.8 Å². The summed E-state index contributed by atoms with van der Waals surface area (Å²) in [5.74, 6) is 1.92. The third-order valence-corrected chi connectivity index (χ3v) is 3.60. The van der Waals surface area contributed by atoms with Crippen molar-refractivity contribution in [2.75, 3.05) is 5.32 Å². The van der Waals surface area contributed by atoms with Gasteiger partial charge in [-0.15, -0.1) is 0 Å². The first-order valence-electron chi connectivity index (χ1n) is 7.93. The number of nitrogens with zero attached hydrogens (tertiary/aromatic N) is 3. The lowest BCUT2D eigenvalue weighted by Gasteiger charge is -2.14. The third-order valence-electron chi connectivity index (χ3n) is 3.60. The maximum Gasteiger partial charge on any atom is 0.270 e. The second-order valence-electron chi connectivity index (χ2n) is 5.74. The number of carbonyl (C=O) groups excluding carboxylic acids is 1. The van der Waals surface area contributed by atoms with Crippen molar-refractivity contribution in [3.05, 3.63) is 65.3 Å². The van der Waals surface area contributed by atoms with E-state index in [9.17, 15) is 4.79 Å². The maximum absolute atomic E-state index is 12.5. The second-order valence-corrected chi connectivity index (χ2v) is 5.74. The Hall–Kier alpha value is -3.22. The van der Waals surface area contributed by atoms with Gasteiger partial charge in [0.2, 0.25) is 0 Å². The van der Waals surface area contributed by atoms with Crippen molar-refractivity contribution >= 4 is 17.5 Å². The van der Waals surface area contributed by atoms with Gasteiger partial charge >= 0.3 is 0 Å². The van der Waals surface area contributed by atoms with Gasteiger partial charge in [-0.1, -0.05) is 35.5 Å². The zero-order valence-electron chi connectivity index (χ0n) is 14.3. The molecule has 1 amide bonds. The van der Waals surface area contributed by atoms with E-state index in [4.69, 9.17) is 4.52 Å². The van der Waals surface area contributed by atoms with Crippen molar-refractivity contribution < 1.29 is 9.32 Å². The van der Waals surface area contributed by atoms with Gasteiger partial charge in [-0.05, 0) is 26.3 Å². The summed E-state index contributed by atoms with van der Waals surface area (Å²) in [5.41, 5.74) is 1.32. The molecule has 128 valence electrons. The van der Waals surface area contributed by atoms with E-state index in [1.165, 1.54) is 0 Å². The van der Waals surface area contributed by atoms with Crippen molar-refractivity contribution in [3.8, 4) is 0 Å². The largest absolute Gasteiger partial charge is 0.360 e. The highest BCUT2D eigenvalue weighted by Gasteiger charge is 2.15. The summed E-state index contributed by atoms with van der Waals surface area (Å²) in [4.78, 5) is 21.0. The van der Waals surface area contributed by atoms with Gasteiger partial charge in [0.25, 0.3) is 5.91 Å². The normalized spacial score (nSPS) is 11.8. The first-order valence-corrected chi connectivity index (χ1v) is 7.93. The van der Waals surface area contributed by atoms with Gasteiger partial charge in [0, 0.05) is 12.1 Å². The monoisotopic (exact) mass is 337 g/mol. The van der Waals surface area contributed by atoms with Crippen LogP contribution in [0.1, 0.15) is 40.6 Å². The van der Waals surface area contributed by atoms with Gasteiger partial charge in [0.15, 0.2) is 5.82 Å². The Morgan fingerprint density at radius 2 is 1.84 bits per heavy atom. The highest BCUT2D eigenvalue weighted by atomic mass is 16.5. The maximum atomic E-state index is 12.5. The molecule has 3 rings (SSSR count). The Balaban J connectivity index is 1.76. The first-order chi connectivity index (χ1) is 12.0. The summed E-state index contributed by atoms with van der Waals surface area (Å²) in [6, 6.07) is 13.0. The van der Waals surface area contributed by atoms with Crippen molar-refractivity contribution in [2.45, 2.75) is 26.8 Å². The number of aryl methyl sites for hydroxylation is 2. The third kappa shape index (κ3) is 4.20. The molecule has 7 nitrogen and oxygen atoms in total. The Bertz CT molecular complexity index is 876. The van der Waals surface area contributed by atoms with Crippen molar-refractivity contribution in [2.24, 2.45) is 0 Å². The molecular formula is C18H19N5O2. The fourth-order valence-corrected chi connectivity index (χ4v) is 2.40. The minimum absolute atomic E-state index is 0.126. The fourth-order valence-electron chi connectivity index (χ4n) is 2.40. The van der Waals surface area contributed by atoms with Gasteiger partial charge in [0.05, 0.1) is 6.04 Å². The van der Waals surface area contributed by atoms with Crippen LogP contribution in [0.3, 0.4) is 0 Å². The van der Waals surface area contributed by atoms with Crippen LogP contribution in [0.4, 0.5) is 11.6 Å². The van der Waals surface area contributed by atoms with Crippen LogP contribution in [0.25, 0.3) is 0 Å². The Kier molecular flexibility index (Phi) is 4.74. The minimum Gasteiger partial charge on any atom is -0.360 e. The molecule has 0 aliphatic heterocycles. The highest BCUT2D eigenvalue weighted by Crippen LogP contribution is 2.16. The average molecular weight is 337 g/mol. The zero-order chi connectivity index (χ0) is 17.8. The Labute approximate surface area is 145 Å². The lowest BCUT2D eigenvalue weighted by Crippen LogP contribution is -2.27. The van der Waals surface area contributed by atoms with Crippen LogP contribution < -0.4 is 10.6 Å². The number of hydrogen-bond acceptors (Lipinski definition) is 6. The smallest absolute Gasteiger partial charge is 0.270 e. The van der Waals surface area contributed by atoms with E-state index in [1.807, 2.05) is 37.3 Å². The number of carbonyl (C=O) groups is 1. The van der Waals surface area contributed by atoms with Gasteiger partial charge in [-0.3, -0.25) is 4.79 Å². The number of rotatable bonds is 5. The number of benzene rings is 1. The molecule has 0 saturated carbocycles. The molecule has 0 radical (unpaired) electrons. The summed E-state index contributed by atoms with van der Waals surface area (Å²) < 4.78 is 5.01. The molecule has 0 aliphatic carbocycles. The molecule has 25 heavy (non-hydrogen) atoms. The van der Waals surface area contributed by atoms with Crippen LogP contribution in [-0.2, 0) is 0 Å². The highest BCUT2D eigenvalue weighted by molar-refractivity contribution is 5.93. The molecule has 1 unspecified atom stereocenters. The summed E-state index contributed by atoms with van der Waals surface area (Å²) in [6.45, 7) is 5.46. The molecule has 7 heteroatoms. The minimum atomic E-state index is -0.263. The van der Waals surface area contributed by atoms with Crippen LogP contribution >= 0.6 is 0 Å². The molecule has 0 aliphatic rings. The number of hydrogen-bond donors (Lipinski definition) is 2. The molecule has 2 heterocycles. The first kappa shape index (κ1) is 16.6. The van der Waals surface area contributed by atoms with Crippen LogP contribution in [-0.4, -0.2) is 21.0 Å². The van der Waals surface area contributed by atoms with E-state index >= 15 is 0 Å². The summed E-state index contributed by atoms with van der Waals surface area (Å²) >= 11 is 0.